The van der Waals surface area contributed by atoms with Crippen molar-refractivity contribution in [1.29, 1.82) is 0 Å². The molecule has 0 unspecified atom stereocenters. The van der Waals surface area contributed by atoms with Gasteiger partial charge in [0.25, 0.3) is 0 Å². The molecule has 0 aliphatic rings. The van der Waals surface area contributed by atoms with Gasteiger partial charge in [0.1, 0.15) is 11.0 Å². The van der Waals surface area contributed by atoms with Crippen molar-refractivity contribution in [2.24, 2.45) is 0 Å². The largest absolute Gasteiger partial charge is 0.496 e. The molecule has 0 fully saturated rings. The molecule has 0 aliphatic carbocycles. The van der Waals surface area contributed by atoms with Crippen LogP contribution in [0.3, 0.4) is 0 Å². The van der Waals surface area contributed by atoms with Crippen LogP contribution >= 0.6 is 11.8 Å². The number of nitrogens with one attached hydrogen (secondary N) is 1. The van der Waals surface area contributed by atoms with E-state index in [1.165, 1.54) is 17.3 Å². The standard InChI is InChI=1S/C33H32N4O2S/c1-23-20-24(2)22-27(21-23)34-32(38)30(26-14-8-5-9-15-26)40-33-36-35-31(28-16-10-11-17-29(28)39-3)37(33)19-18-25-12-6-4-7-13-25/h4-17,20-22,30H,18-19H2,1-3H3,(H,34,38)/t30-/m0/s1. The van der Waals surface area contributed by atoms with Crippen LogP contribution in [-0.4, -0.2) is 27.8 Å². The number of hydrogen-bond acceptors (Lipinski definition) is 5. The van der Waals surface area contributed by atoms with E-state index in [9.17, 15) is 4.79 Å². The van der Waals surface area contributed by atoms with Crippen LogP contribution in [-0.2, 0) is 17.8 Å². The van der Waals surface area contributed by atoms with E-state index >= 15 is 0 Å². The molecule has 0 aliphatic heterocycles. The molecule has 1 heterocycles. The van der Waals surface area contributed by atoms with E-state index in [1.54, 1.807) is 7.11 Å². The van der Waals surface area contributed by atoms with Crippen LogP contribution in [0.15, 0.2) is 108 Å². The van der Waals surface area contributed by atoms with Gasteiger partial charge in [-0.25, -0.2) is 0 Å². The molecule has 0 saturated heterocycles. The highest BCUT2D eigenvalue weighted by Crippen LogP contribution is 2.38. The fourth-order valence-electron chi connectivity index (χ4n) is 4.75. The first-order valence-electron chi connectivity index (χ1n) is 13.2. The number of amides is 1. The second-order valence-corrected chi connectivity index (χ2v) is 10.7. The van der Waals surface area contributed by atoms with E-state index < -0.39 is 5.25 Å². The Bertz CT molecular complexity index is 1560. The van der Waals surface area contributed by atoms with Crippen molar-refractivity contribution in [2.75, 3.05) is 12.4 Å². The van der Waals surface area contributed by atoms with E-state index in [0.29, 0.717) is 17.5 Å². The van der Waals surface area contributed by atoms with Gasteiger partial charge < -0.3 is 14.6 Å². The maximum atomic E-state index is 13.8. The molecule has 0 saturated carbocycles. The van der Waals surface area contributed by atoms with Crippen molar-refractivity contribution in [3.63, 3.8) is 0 Å². The number of carbonyl (C=O) groups is 1. The molecule has 0 radical (unpaired) electrons. The van der Waals surface area contributed by atoms with Gasteiger partial charge in [-0.1, -0.05) is 90.6 Å². The highest BCUT2D eigenvalue weighted by molar-refractivity contribution is 8.00. The van der Waals surface area contributed by atoms with Crippen LogP contribution in [0, 0.1) is 13.8 Å². The Labute approximate surface area is 239 Å². The minimum Gasteiger partial charge on any atom is -0.496 e. The number of benzene rings is 4. The molecule has 7 heteroatoms. The van der Waals surface area contributed by atoms with Crippen LogP contribution in [0.4, 0.5) is 5.69 Å². The zero-order chi connectivity index (χ0) is 27.9. The van der Waals surface area contributed by atoms with Gasteiger partial charge in [0.15, 0.2) is 11.0 Å². The molecule has 5 rings (SSSR count). The van der Waals surface area contributed by atoms with Crippen molar-refractivity contribution in [3.05, 3.63) is 125 Å². The van der Waals surface area contributed by atoms with Crippen LogP contribution in [0.25, 0.3) is 11.4 Å². The molecule has 1 N–H and O–H groups in total. The molecule has 1 atom stereocenters. The predicted molar refractivity (Wildman–Crippen MR) is 162 cm³/mol. The summed E-state index contributed by atoms with van der Waals surface area (Å²) in [5.41, 5.74) is 5.94. The number of para-hydroxylation sites is 1. The van der Waals surface area contributed by atoms with E-state index in [4.69, 9.17) is 4.74 Å². The first-order chi connectivity index (χ1) is 19.5. The van der Waals surface area contributed by atoms with Gasteiger partial charge in [0.2, 0.25) is 5.91 Å². The summed E-state index contributed by atoms with van der Waals surface area (Å²) in [7, 11) is 1.65. The molecule has 4 aromatic carbocycles. The highest BCUT2D eigenvalue weighted by Gasteiger charge is 2.27. The topological polar surface area (TPSA) is 69.0 Å². The predicted octanol–water partition coefficient (Wildman–Crippen LogP) is 7.29. The number of aromatic nitrogens is 3. The Balaban J connectivity index is 1.52. The van der Waals surface area contributed by atoms with Crippen molar-refractivity contribution in [1.82, 2.24) is 14.8 Å². The van der Waals surface area contributed by atoms with Gasteiger partial charge in [0, 0.05) is 12.2 Å². The number of hydrogen-bond donors (Lipinski definition) is 1. The molecular formula is C33H32N4O2S. The molecule has 1 aromatic heterocycles. The van der Waals surface area contributed by atoms with Crippen molar-refractivity contribution in [2.45, 2.75) is 37.2 Å². The number of methoxy groups -OCH3 is 1. The van der Waals surface area contributed by atoms with Crippen LogP contribution in [0.1, 0.15) is 27.5 Å². The quantitative estimate of drug-likeness (QED) is 0.186. The molecule has 6 nitrogen and oxygen atoms in total. The average molecular weight is 549 g/mol. The van der Waals surface area contributed by atoms with Crippen molar-refractivity contribution in [3.8, 4) is 17.1 Å². The van der Waals surface area contributed by atoms with Crippen LogP contribution in [0.2, 0.25) is 0 Å². The lowest BCUT2D eigenvalue weighted by molar-refractivity contribution is -0.115. The molecule has 1 amide bonds. The first kappa shape index (κ1) is 27.2. The van der Waals surface area contributed by atoms with Crippen LogP contribution < -0.4 is 10.1 Å². The second-order valence-electron chi connectivity index (χ2n) is 9.67. The van der Waals surface area contributed by atoms with Crippen molar-refractivity contribution >= 4 is 23.4 Å². The lowest BCUT2D eigenvalue weighted by Crippen LogP contribution is -2.20. The van der Waals surface area contributed by atoms with Crippen molar-refractivity contribution < 1.29 is 9.53 Å². The maximum absolute atomic E-state index is 13.8. The summed E-state index contributed by atoms with van der Waals surface area (Å²) in [6, 6.07) is 34.0. The number of ether oxygens (including phenoxy) is 1. The lowest BCUT2D eigenvalue weighted by atomic mass is 10.1. The summed E-state index contributed by atoms with van der Waals surface area (Å²) in [6.07, 6.45) is 0.791. The molecular weight excluding hydrogens is 516 g/mol. The van der Waals surface area contributed by atoms with Gasteiger partial charge in [-0.2, -0.15) is 0 Å². The Morgan fingerprint density at radius 2 is 1.52 bits per heavy atom. The van der Waals surface area contributed by atoms with Gasteiger partial charge in [-0.05, 0) is 66.8 Å². The third kappa shape index (κ3) is 6.43. The SMILES string of the molecule is COc1ccccc1-c1nnc(S[C@H](C(=O)Nc2cc(C)cc(C)c2)c2ccccc2)n1CCc1ccccc1. The number of aryl methyl sites for hydroxylation is 3. The van der Waals surface area contributed by atoms with E-state index in [-0.39, 0.29) is 5.91 Å². The Kier molecular flexibility index (Phi) is 8.62. The fraction of sp³-hybridized carbons (Fsp3) is 0.182. The number of thioether (sulfide) groups is 1. The number of nitrogens with zero attached hydrogens (tertiary/aromatic N) is 3. The third-order valence-corrected chi connectivity index (χ3v) is 7.82. The van der Waals surface area contributed by atoms with E-state index in [1.807, 2.05) is 98.8 Å². The molecule has 0 bridgehead atoms. The Morgan fingerprint density at radius 3 is 2.23 bits per heavy atom. The fourth-order valence-corrected chi connectivity index (χ4v) is 5.82. The minimum absolute atomic E-state index is 0.113. The molecule has 5 aromatic rings. The summed E-state index contributed by atoms with van der Waals surface area (Å²) in [5, 5.41) is 12.5. The first-order valence-corrected chi connectivity index (χ1v) is 14.1. The summed E-state index contributed by atoms with van der Waals surface area (Å²) in [6.45, 7) is 4.70. The van der Waals surface area contributed by atoms with Gasteiger partial charge in [0.05, 0.1) is 12.7 Å². The van der Waals surface area contributed by atoms with Gasteiger partial charge in [-0.15, -0.1) is 10.2 Å². The molecule has 0 spiro atoms. The Morgan fingerprint density at radius 1 is 0.875 bits per heavy atom. The maximum Gasteiger partial charge on any atom is 0.242 e. The summed E-state index contributed by atoms with van der Waals surface area (Å²) in [5.74, 6) is 1.31. The van der Waals surface area contributed by atoms with E-state index in [2.05, 4.69) is 38.3 Å². The lowest BCUT2D eigenvalue weighted by Gasteiger charge is -2.18. The zero-order valence-corrected chi connectivity index (χ0v) is 23.7. The monoisotopic (exact) mass is 548 g/mol. The normalized spacial score (nSPS) is 11.7. The average Bonchev–Trinajstić information content (AvgIpc) is 3.37. The summed E-state index contributed by atoms with van der Waals surface area (Å²) >= 11 is 1.40. The second kappa shape index (κ2) is 12.7. The molecule has 202 valence electrons. The minimum atomic E-state index is -0.535. The van der Waals surface area contributed by atoms with Gasteiger partial charge in [-0.3, -0.25) is 4.79 Å². The van der Waals surface area contributed by atoms with Gasteiger partial charge >= 0.3 is 0 Å². The summed E-state index contributed by atoms with van der Waals surface area (Å²) < 4.78 is 7.74. The highest BCUT2D eigenvalue weighted by atomic mass is 32.2. The molecule has 40 heavy (non-hydrogen) atoms. The number of rotatable bonds is 10. The third-order valence-electron chi connectivity index (χ3n) is 6.58. The zero-order valence-electron chi connectivity index (χ0n) is 22.9. The number of carbonyl (C=O) groups excluding carboxylic acids is 1. The Hall–Kier alpha value is -4.36. The number of anilines is 1. The summed E-state index contributed by atoms with van der Waals surface area (Å²) in [4.78, 5) is 13.8. The smallest absolute Gasteiger partial charge is 0.242 e. The van der Waals surface area contributed by atoms with Crippen LogP contribution in [0.5, 0.6) is 5.75 Å². The van der Waals surface area contributed by atoms with E-state index in [0.717, 1.165) is 40.1 Å².